The smallest absolute Gasteiger partial charge is 0.387 e. The van der Waals surface area contributed by atoms with Crippen molar-refractivity contribution in [2.45, 2.75) is 31.1 Å². The van der Waals surface area contributed by atoms with Crippen LogP contribution in [0.5, 0.6) is 0 Å². The summed E-state index contributed by atoms with van der Waals surface area (Å²) in [5, 5.41) is 25.1. The third-order valence-electron chi connectivity index (χ3n) is 5.06. The van der Waals surface area contributed by atoms with Gasteiger partial charge in [-0.25, -0.2) is 13.7 Å². The molecule has 1 aliphatic heterocycles. The van der Waals surface area contributed by atoms with E-state index < -0.39 is 58.5 Å². The number of hydrogen-bond acceptors (Lipinski definition) is 11. The van der Waals surface area contributed by atoms with Crippen molar-refractivity contribution in [3.05, 3.63) is 63.1 Å². The molecule has 0 bridgehead atoms. The molecule has 3 aromatic rings. The van der Waals surface area contributed by atoms with Gasteiger partial charge in [0.25, 0.3) is 5.56 Å². The summed E-state index contributed by atoms with van der Waals surface area (Å²) in [6.45, 7) is -1.07. The molecule has 0 spiro atoms. The molecule has 184 valence electrons. The van der Waals surface area contributed by atoms with E-state index in [9.17, 15) is 33.8 Å². The molecule has 0 amide bonds. The van der Waals surface area contributed by atoms with Crippen LogP contribution in [-0.2, 0) is 29.2 Å². The number of para-hydroxylation sites is 1. The number of aliphatic hydroxyl groups excluding tert-OH is 2. The molecule has 5 unspecified atom stereocenters. The van der Waals surface area contributed by atoms with Crippen LogP contribution in [0.15, 0.2) is 50.6 Å². The molecule has 2 aromatic heterocycles. The first kappa shape index (κ1) is 24.7. The van der Waals surface area contributed by atoms with Crippen LogP contribution in [0.3, 0.4) is 0 Å². The average molecular weight is 519 g/mol. The van der Waals surface area contributed by atoms with Crippen molar-refractivity contribution < 1.29 is 47.2 Å². The van der Waals surface area contributed by atoms with E-state index in [1.165, 1.54) is 0 Å². The molecule has 1 aromatic carbocycles. The van der Waals surface area contributed by atoms with Crippen molar-refractivity contribution in [2.24, 2.45) is 0 Å². The fourth-order valence-corrected chi connectivity index (χ4v) is 4.80. The van der Waals surface area contributed by atoms with E-state index in [1.54, 1.807) is 24.3 Å². The minimum Gasteiger partial charge on any atom is -0.387 e. The second-order valence-electron chi connectivity index (χ2n) is 7.22. The number of rotatable bonds is 8. The van der Waals surface area contributed by atoms with Gasteiger partial charge in [-0.1, -0.05) is 17.3 Å². The number of benzene rings is 1. The van der Waals surface area contributed by atoms with Gasteiger partial charge in [0.2, 0.25) is 0 Å². The van der Waals surface area contributed by atoms with Crippen molar-refractivity contribution >= 4 is 27.0 Å². The molecule has 17 heteroatoms. The van der Waals surface area contributed by atoms with Crippen LogP contribution < -0.4 is 11.2 Å². The quantitative estimate of drug-likeness (QED) is 0.272. The summed E-state index contributed by atoms with van der Waals surface area (Å²) in [7, 11) is -8.73. The maximum Gasteiger partial charge on any atom is 0.479 e. The van der Waals surface area contributed by atoms with Gasteiger partial charge in [-0.2, -0.15) is 0 Å². The summed E-state index contributed by atoms with van der Waals surface area (Å²) in [4.78, 5) is 43.4. The van der Waals surface area contributed by atoms with E-state index in [0.717, 1.165) is 21.4 Å². The Balaban J connectivity index is 1.57. The highest BCUT2D eigenvalue weighted by atomic mass is 31.2. The zero-order chi connectivity index (χ0) is 24.6. The minimum atomic E-state index is -4.94. The molecular weight excluding hydrogens is 500 g/mol. The largest absolute Gasteiger partial charge is 0.479 e. The monoisotopic (exact) mass is 519 g/mol. The number of aliphatic hydroxyl groups is 2. The molecule has 0 radical (unpaired) electrons. The molecule has 1 fully saturated rings. The Labute approximate surface area is 189 Å². The highest BCUT2D eigenvalue weighted by molar-refractivity contribution is 7.55. The molecule has 1 aliphatic rings. The van der Waals surface area contributed by atoms with Crippen LogP contribution in [0, 0.1) is 0 Å². The van der Waals surface area contributed by atoms with E-state index in [1.807, 2.05) is 0 Å². The van der Waals surface area contributed by atoms with Crippen LogP contribution in [-0.4, -0.2) is 59.2 Å². The van der Waals surface area contributed by atoms with E-state index in [2.05, 4.69) is 14.0 Å². The maximum absolute atomic E-state index is 13.0. The van der Waals surface area contributed by atoms with E-state index in [-0.39, 0.29) is 6.54 Å². The lowest BCUT2D eigenvalue weighted by atomic mass is 10.1. The fourth-order valence-electron chi connectivity index (χ4n) is 3.46. The summed E-state index contributed by atoms with van der Waals surface area (Å²) >= 11 is 0. The van der Waals surface area contributed by atoms with Gasteiger partial charge in [-0.05, 0) is 12.1 Å². The lowest BCUT2D eigenvalue weighted by molar-refractivity contribution is -0.0546. The fraction of sp³-hybridized carbons (Fsp3) is 0.353. The Kier molecular flexibility index (Phi) is 7.01. The Bertz CT molecular complexity index is 1380. The van der Waals surface area contributed by atoms with Gasteiger partial charge in [0.15, 0.2) is 11.8 Å². The normalized spacial score (nSPS) is 25.4. The number of phosphoric ester groups is 1. The Morgan fingerprint density at radius 3 is 2.65 bits per heavy atom. The number of aromatic nitrogens is 3. The van der Waals surface area contributed by atoms with Gasteiger partial charge in [-0.15, -0.1) is 0 Å². The van der Waals surface area contributed by atoms with Gasteiger partial charge < -0.3 is 29.3 Å². The van der Waals surface area contributed by atoms with E-state index >= 15 is 0 Å². The van der Waals surface area contributed by atoms with Crippen LogP contribution in [0.4, 0.5) is 0 Å². The minimum absolute atomic E-state index is 0.251. The topological polar surface area (TPSA) is 213 Å². The predicted octanol–water partition coefficient (Wildman–Crippen LogP) is -0.666. The van der Waals surface area contributed by atoms with E-state index in [4.69, 9.17) is 14.2 Å². The van der Waals surface area contributed by atoms with Gasteiger partial charge in [0, 0.05) is 17.6 Å². The van der Waals surface area contributed by atoms with Crippen LogP contribution in [0.2, 0.25) is 0 Å². The first-order valence-corrected chi connectivity index (χ1v) is 12.4. The molecule has 15 nitrogen and oxygen atoms in total. The van der Waals surface area contributed by atoms with Gasteiger partial charge >= 0.3 is 21.8 Å². The van der Waals surface area contributed by atoms with Crippen molar-refractivity contribution in [1.29, 1.82) is 0 Å². The molecule has 6 atom stereocenters. The second-order valence-corrected chi connectivity index (χ2v) is 9.68. The summed E-state index contributed by atoms with van der Waals surface area (Å²) in [5.41, 5.74) is -0.793. The molecule has 0 aliphatic carbocycles. The summed E-state index contributed by atoms with van der Waals surface area (Å²) in [5.74, 6) is 0. The highest BCUT2D eigenvalue weighted by Gasteiger charge is 2.45. The van der Waals surface area contributed by atoms with Gasteiger partial charge in [-0.3, -0.25) is 23.0 Å². The first-order chi connectivity index (χ1) is 16.1. The molecule has 0 saturated carbocycles. The van der Waals surface area contributed by atoms with Crippen molar-refractivity contribution in [3.8, 4) is 0 Å². The second kappa shape index (κ2) is 9.66. The predicted molar refractivity (Wildman–Crippen MR) is 112 cm³/mol. The zero-order valence-electron chi connectivity index (χ0n) is 17.0. The van der Waals surface area contributed by atoms with Gasteiger partial charge in [0.1, 0.15) is 24.0 Å². The SMILES string of the molecule is O=c1ccn(C2OC(COP(=O)(O)O[PH](=O)O)C(O)[C@@H]2O)c(=O)n1Cc1noc2ccccc12. The third-order valence-corrected chi connectivity index (χ3v) is 7.09. The van der Waals surface area contributed by atoms with Crippen LogP contribution in [0.25, 0.3) is 11.0 Å². The van der Waals surface area contributed by atoms with Crippen LogP contribution >= 0.6 is 16.1 Å². The molecule has 1 saturated heterocycles. The molecular formula is C17H19N3O12P2. The molecule has 4 rings (SSSR count). The number of fused-ring (bicyclic) bond motifs is 1. The summed E-state index contributed by atoms with van der Waals surface area (Å²) in [6.07, 6.45) is -5.22. The lowest BCUT2D eigenvalue weighted by Gasteiger charge is -2.18. The molecule has 4 N–H and O–H groups in total. The number of ether oxygens (including phenoxy) is 1. The number of nitrogens with zero attached hydrogens (tertiary/aromatic N) is 3. The molecule has 3 heterocycles. The first-order valence-electron chi connectivity index (χ1n) is 9.64. The summed E-state index contributed by atoms with van der Waals surface area (Å²) in [6, 6.07) is 7.88. The summed E-state index contributed by atoms with van der Waals surface area (Å²) < 4.78 is 42.9. The van der Waals surface area contributed by atoms with Gasteiger partial charge in [0.05, 0.1) is 13.2 Å². The van der Waals surface area contributed by atoms with Crippen molar-refractivity contribution in [3.63, 3.8) is 0 Å². The zero-order valence-corrected chi connectivity index (χ0v) is 18.9. The van der Waals surface area contributed by atoms with Crippen molar-refractivity contribution in [1.82, 2.24) is 14.3 Å². The Hall–Kier alpha value is -2.45. The third kappa shape index (κ3) is 4.98. The number of phosphoric acid groups is 1. The van der Waals surface area contributed by atoms with Crippen LogP contribution in [0.1, 0.15) is 11.9 Å². The number of hydrogen-bond donors (Lipinski definition) is 4. The lowest BCUT2D eigenvalue weighted by Crippen LogP contribution is -2.43. The highest BCUT2D eigenvalue weighted by Crippen LogP contribution is 2.51. The standard InChI is InChI=1S/C17H19N3O12P2/c21-13-5-6-19(17(24)20(13)7-10-9-3-1-2-4-11(9)31-18-10)16-15(23)14(22)12(30-16)8-29-34(27,28)32-33(25)26/h1-6,12,14-16,22-23,33H,7-8H2,(H,25,26)(H,27,28)/t12?,14?,15-,16?/m0/s1. The van der Waals surface area contributed by atoms with Crippen molar-refractivity contribution in [2.75, 3.05) is 6.61 Å². The maximum atomic E-state index is 13.0. The Morgan fingerprint density at radius 2 is 1.91 bits per heavy atom. The molecule has 34 heavy (non-hydrogen) atoms. The van der Waals surface area contributed by atoms with E-state index in [0.29, 0.717) is 16.7 Å². The Morgan fingerprint density at radius 1 is 1.18 bits per heavy atom. The average Bonchev–Trinajstić information content (AvgIpc) is 3.30.